The first-order valence-electron chi connectivity index (χ1n) is 25.4. The minimum atomic E-state index is -0.803. The smallest absolute Gasteiger partial charge is 0.306 e. The first-order chi connectivity index (χ1) is 30.0. The van der Waals surface area contributed by atoms with Gasteiger partial charge in [-0.2, -0.15) is 0 Å². The lowest BCUT2D eigenvalue weighted by Gasteiger charge is -2.18. The largest absolute Gasteiger partial charge is 0.462 e. The van der Waals surface area contributed by atoms with Gasteiger partial charge in [0.1, 0.15) is 13.2 Å². The highest BCUT2D eigenvalue weighted by Crippen LogP contribution is 2.13. The van der Waals surface area contributed by atoms with Gasteiger partial charge < -0.3 is 14.2 Å². The Balaban J connectivity index is 4.48. The molecule has 0 spiro atoms. The summed E-state index contributed by atoms with van der Waals surface area (Å²) in [6.45, 7) is 6.50. The fraction of sp³-hybridized carbons (Fsp3) is 0.727. The van der Waals surface area contributed by atoms with Crippen molar-refractivity contribution in [3.05, 3.63) is 72.9 Å². The number of rotatable bonds is 45. The Labute approximate surface area is 376 Å². The topological polar surface area (TPSA) is 78.9 Å². The monoisotopic (exact) mass is 851 g/mol. The van der Waals surface area contributed by atoms with Gasteiger partial charge in [0, 0.05) is 19.3 Å². The maximum atomic E-state index is 12.8. The zero-order valence-electron chi connectivity index (χ0n) is 39.9. The Morgan fingerprint density at radius 2 is 0.623 bits per heavy atom. The number of hydrogen-bond donors (Lipinski definition) is 0. The number of allylic oxidation sites excluding steroid dienone is 12. The third kappa shape index (κ3) is 47.7. The molecule has 61 heavy (non-hydrogen) atoms. The van der Waals surface area contributed by atoms with Gasteiger partial charge in [0.05, 0.1) is 0 Å². The zero-order chi connectivity index (χ0) is 44.4. The Kier molecular flexibility index (Phi) is 46.9. The predicted molar refractivity (Wildman–Crippen MR) is 261 cm³/mol. The van der Waals surface area contributed by atoms with E-state index in [9.17, 15) is 14.4 Å². The highest BCUT2D eigenvalue weighted by molar-refractivity contribution is 5.71. The number of unbranched alkanes of at least 4 members (excludes halogenated alkanes) is 22. The van der Waals surface area contributed by atoms with Crippen LogP contribution in [-0.2, 0) is 28.6 Å². The normalized spacial score (nSPS) is 12.6. The Bertz CT molecular complexity index is 1160. The number of ether oxygens (including phenoxy) is 3. The minimum absolute atomic E-state index is 0.100. The SMILES string of the molecule is CCCC/C=C\CCCCCCCC(=O)OC[C@H](COC(=O)CCC/C=C\C/C=C\C/C=C\C/C=C\CCCCC)OC(=O)CCCCCCC/C=C\CCCCCCCC. The zero-order valence-corrected chi connectivity index (χ0v) is 39.9. The lowest BCUT2D eigenvalue weighted by molar-refractivity contribution is -0.167. The van der Waals surface area contributed by atoms with Gasteiger partial charge in [0.25, 0.3) is 0 Å². The van der Waals surface area contributed by atoms with E-state index in [1.165, 1.54) is 103 Å². The molecule has 350 valence electrons. The van der Waals surface area contributed by atoms with Crippen LogP contribution in [0.15, 0.2) is 72.9 Å². The van der Waals surface area contributed by atoms with Gasteiger partial charge in [-0.25, -0.2) is 0 Å². The number of hydrogen-bond acceptors (Lipinski definition) is 6. The standard InChI is InChI=1S/C55H94O6/c1-4-7-10-13-16-19-22-24-26-27-29-30-33-36-39-42-45-48-54(57)60-51-52(50-59-53(56)47-44-41-38-35-32-21-18-15-12-9-6-3)61-55(58)49-46-43-40-37-34-31-28-25-23-20-17-14-11-8-5-2/h15-16,18-19,24-26,28-30,36,39,52H,4-14,17,20-23,27,31-35,37-38,40-51H2,1-3H3/b18-15-,19-16-,26-24-,28-25-,30-29-,39-36-/t52-/m1/s1. The number of carbonyl (C=O) groups is 3. The van der Waals surface area contributed by atoms with Crippen molar-refractivity contribution in [3.8, 4) is 0 Å². The molecule has 0 radical (unpaired) electrons. The summed E-state index contributed by atoms with van der Waals surface area (Å²) in [7, 11) is 0. The number of esters is 3. The summed E-state index contributed by atoms with van der Waals surface area (Å²) in [6, 6.07) is 0. The van der Waals surface area contributed by atoms with Crippen LogP contribution in [0.2, 0.25) is 0 Å². The average molecular weight is 851 g/mol. The maximum absolute atomic E-state index is 12.8. The Morgan fingerprint density at radius 1 is 0.328 bits per heavy atom. The van der Waals surface area contributed by atoms with Crippen molar-refractivity contribution in [2.45, 2.75) is 245 Å². The molecular weight excluding hydrogens is 757 g/mol. The molecule has 0 aliphatic carbocycles. The summed E-state index contributed by atoms with van der Waals surface area (Å²) in [5, 5.41) is 0. The van der Waals surface area contributed by atoms with Crippen molar-refractivity contribution in [2.75, 3.05) is 13.2 Å². The molecule has 0 aliphatic rings. The van der Waals surface area contributed by atoms with Crippen LogP contribution in [0.25, 0.3) is 0 Å². The van der Waals surface area contributed by atoms with Gasteiger partial charge >= 0.3 is 17.9 Å². The summed E-state index contributed by atoms with van der Waals surface area (Å²) >= 11 is 0. The third-order valence-corrected chi connectivity index (χ3v) is 10.7. The highest BCUT2D eigenvalue weighted by atomic mass is 16.6. The number of carbonyl (C=O) groups excluding carboxylic acids is 3. The van der Waals surface area contributed by atoms with Crippen molar-refractivity contribution < 1.29 is 28.6 Å². The second-order valence-electron chi connectivity index (χ2n) is 16.7. The van der Waals surface area contributed by atoms with Gasteiger partial charge in [-0.15, -0.1) is 0 Å². The molecule has 0 unspecified atom stereocenters. The summed E-state index contributed by atoms with van der Waals surface area (Å²) < 4.78 is 16.7. The molecule has 0 aromatic rings. The van der Waals surface area contributed by atoms with E-state index in [0.717, 1.165) is 89.9 Å². The van der Waals surface area contributed by atoms with Crippen molar-refractivity contribution in [1.29, 1.82) is 0 Å². The second kappa shape index (κ2) is 49.5. The first kappa shape index (κ1) is 57.9. The van der Waals surface area contributed by atoms with Gasteiger partial charge in [0.15, 0.2) is 6.10 Å². The van der Waals surface area contributed by atoms with Crippen molar-refractivity contribution in [1.82, 2.24) is 0 Å². The molecule has 0 aromatic heterocycles. The lowest BCUT2D eigenvalue weighted by Crippen LogP contribution is -2.30. The first-order valence-corrected chi connectivity index (χ1v) is 25.4. The molecule has 0 rings (SSSR count). The van der Waals surface area contributed by atoms with Crippen LogP contribution >= 0.6 is 0 Å². The van der Waals surface area contributed by atoms with E-state index >= 15 is 0 Å². The van der Waals surface area contributed by atoms with Crippen LogP contribution in [0.3, 0.4) is 0 Å². The third-order valence-electron chi connectivity index (χ3n) is 10.7. The molecule has 0 saturated heterocycles. The summed E-state index contributed by atoms with van der Waals surface area (Å²) in [5.74, 6) is -0.977. The highest BCUT2D eigenvalue weighted by Gasteiger charge is 2.19. The van der Waals surface area contributed by atoms with E-state index < -0.39 is 6.10 Å². The van der Waals surface area contributed by atoms with Gasteiger partial charge in [-0.3, -0.25) is 14.4 Å². The Morgan fingerprint density at radius 3 is 1.08 bits per heavy atom. The van der Waals surface area contributed by atoms with Crippen LogP contribution in [0.5, 0.6) is 0 Å². The molecule has 0 saturated carbocycles. The van der Waals surface area contributed by atoms with E-state index in [1.54, 1.807) is 0 Å². The molecule has 6 nitrogen and oxygen atoms in total. The van der Waals surface area contributed by atoms with Crippen LogP contribution in [0, 0.1) is 0 Å². The van der Waals surface area contributed by atoms with Crippen LogP contribution < -0.4 is 0 Å². The lowest BCUT2D eigenvalue weighted by atomic mass is 10.1. The molecule has 0 bridgehead atoms. The molecule has 0 heterocycles. The fourth-order valence-electron chi connectivity index (χ4n) is 6.76. The van der Waals surface area contributed by atoms with Crippen molar-refractivity contribution >= 4 is 17.9 Å². The van der Waals surface area contributed by atoms with Crippen LogP contribution in [-0.4, -0.2) is 37.2 Å². The molecule has 0 N–H and O–H groups in total. The van der Waals surface area contributed by atoms with Crippen LogP contribution in [0.4, 0.5) is 0 Å². The van der Waals surface area contributed by atoms with E-state index in [-0.39, 0.29) is 37.5 Å². The van der Waals surface area contributed by atoms with Crippen molar-refractivity contribution in [2.24, 2.45) is 0 Å². The second-order valence-corrected chi connectivity index (χ2v) is 16.7. The average Bonchev–Trinajstić information content (AvgIpc) is 3.26. The molecule has 0 aliphatic heterocycles. The maximum Gasteiger partial charge on any atom is 0.306 e. The van der Waals surface area contributed by atoms with Crippen molar-refractivity contribution in [3.63, 3.8) is 0 Å². The van der Waals surface area contributed by atoms with E-state index in [1.807, 2.05) is 0 Å². The van der Waals surface area contributed by atoms with Gasteiger partial charge in [0.2, 0.25) is 0 Å². The summed E-state index contributed by atoms with van der Waals surface area (Å²) in [4.78, 5) is 37.9. The fourth-order valence-corrected chi connectivity index (χ4v) is 6.76. The summed E-state index contributed by atoms with van der Waals surface area (Å²) in [5.41, 5.74) is 0. The molecule has 0 aromatic carbocycles. The van der Waals surface area contributed by atoms with Crippen LogP contribution in [0.1, 0.15) is 239 Å². The minimum Gasteiger partial charge on any atom is -0.462 e. The molecule has 6 heteroatoms. The molecular formula is C55H94O6. The Hall–Kier alpha value is -3.15. The predicted octanol–water partition coefficient (Wildman–Crippen LogP) is 16.6. The molecule has 0 amide bonds. The van der Waals surface area contributed by atoms with E-state index in [2.05, 4.69) is 93.7 Å². The molecule has 0 fully saturated rings. The van der Waals surface area contributed by atoms with Gasteiger partial charge in [-0.1, -0.05) is 190 Å². The molecule has 1 atom stereocenters. The van der Waals surface area contributed by atoms with E-state index in [4.69, 9.17) is 14.2 Å². The quantitative estimate of drug-likeness (QED) is 0.0263. The summed E-state index contributed by atoms with van der Waals surface area (Å²) in [6.07, 6.45) is 61.7. The van der Waals surface area contributed by atoms with E-state index in [0.29, 0.717) is 19.3 Å². The van der Waals surface area contributed by atoms with Gasteiger partial charge in [-0.05, 0) is 103 Å².